The summed E-state index contributed by atoms with van der Waals surface area (Å²) in [5.41, 5.74) is 0. The average Bonchev–Trinajstić information content (AvgIpc) is 2.23. The molecule has 0 saturated heterocycles. The first-order valence-electron chi connectivity index (χ1n) is 6.34. The van der Waals surface area contributed by atoms with Gasteiger partial charge in [0.2, 0.25) is 7.37 Å². The van der Waals surface area contributed by atoms with E-state index < -0.39 is 7.37 Å². The second-order valence-electron chi connectivity index (χ2n) is 4.22. The zero-order chi connectivity index (χ0) is 12.3. The minimum Gasteiger partial charge on any atom is -0.343 e. The van der Waals surface area contributed by atoms with Gasteiger partial charge in [-0.1, -0.05) is 33.1 Å². The summed E-state index contributed by atoms with van der Waals surface area (Å²) < 4.78 is 11.6. The summed E-state index contributed by atoms with van der Waals surface area (Å²) in [6.45, 7) is 5.87. The van der Waals surface area contributed by atoms with Gasteiger partial charge in [-0.2, -0.15) is 0 Å². The van der Waals surface area contributed by atoms with Gasteiger partial charge in [-0.3, -0.25) is 4.57 Å². The monoisotopic (exact) mass is 250 g/mol. The van der Waals surface area contributed by atoms with Gasteiger partial charge in [-0.15, -0.1) is 0 Å². The molecule has 0 heterocycles. The Morgan fingerprint density at radius 2 is 1.56 bits per heavy atom. The van der Waals surface area contributed by atoms with Gasteiger partial charge in [0.05, 0.1) is 12.6 Å². The van der Waals surface area contributed by atoms with Crippen LogP contribution < -0.4 is 10.6 Å². The number of rotatable bonds is 11. The average molecular weight is 250 g/mol. The largest absolute Gasteiger partial charge is 0.343 e. The molecule has 3 N–H and O–H groups in total. The molecular formula is C11H27N2O2P. The molecule has 0 amide bonds. The minimum atomic E-state index is -3.00. The van der Waals surface area contributed by atoms with Crippen molar-refractivity contribution >= 4 is 7.37 Å². The molecule has 0 bridgehead atoms. The van der Waals surface area contributed by atoms with Crippen LogP contribution in [0.3, 0.4) is 0 Å². The Morgan fingerprint density at radius 1 is 0.938 bits per heavy atom. The maximum atomic E-state index is 11.6. The highest BCUT2D eigenvalue weighted by Gasteiger charge is 2.15. The van der Waals surface area contributed by atoms with Crippen molar-refractivity contribution < 1.29 is 9.46 Å². The molecule has 5 heteroatoms. The van der Waals surface area contributed by atoms with E-state index in [0.29, 0.717) is 0 Å². The number of hydrogen-bond acceptors (Lipinski definition) is 3. The third-order valence-electron chi connectivity index (χ3n) is 2.35. The Bertz CT molecular complexity index is 200. The molecule has 0 aromatic carbocycles. The van der Waals surface area contributed by atoms with E-state index in [2.05, 4.69) is 17.6 Å². The maximum absolute atomic E-state index is 11.6. The van der Waals surface area contributed by atoms with Gasteiger partial charge in [0.25, 0.3) is 0 Å². The van der Waals surface area contributed by atoms with E-state index in [4.69, 9.17) is 0 Å². The normalized spacial score (nSPS) is 14.9. The van der Waals surface area contributed by atoms with Gasteiger partial charge < -0.3 is 15.5 Å². The lowest BCUT2D eigenvalue weighted by molar-refractivity contribution is 0.463. The Balaban J connectivity index is 3.39. The van der Waals surface area contributed by atoms with Crippen LogP contribution in [0.4, 0.5) is 0 Å². The molecule has 16 heavy (non-hydrogen) atoms. The van der Waals surface area contributed by atoms with E-state index in [1.54, 1.807) is 0 Å². The lowest BCUT2D eigenvalue weighted by atomic mass is 10.2. The van der Waals surface area contributed by atoms with Crippen molar-refractivity contribution in [1.29, 1.82) is 0 Å². The van der Waals surface area contributed by atoms with Crippen LogP contribution in [0.1, 0.15) is 46.0 Å². The fourth-order valence-electron chi connectivity index (χ4n) is 1.42. The summed E-state index contributed by atoms with van der Waals surface area (Å²) in [5.74, 6) is 0. The molecule has 0 spiro atoms. The number of unbranched alkanes of at least 4 members (excludes halogenated alkanes) is 3. The Labute approximate surface area is 99.7 Å². The van der Waals surface area contributed by atoms with Gasteiger partial charge in [0.15, 0.2) is 0 Å². The standard InChI is InChI=1S/C11H27N2O2P/c1-3-5-6-7-9-13-11-16(14,15)10-12-8-4-2/h12-13H,3-11H2,1-2H3,(H,14,15). The fourth-order valence-corrected chi connectivity index (χ4v) is 2.54. The van der Waals surface area contributed by atoms with Crippen LogP contribution in [0.5, 0.6) is 0 Å². The summed E-state index contributed by atoms with van der Waals surface area (Å²) in [6.07, 6.45) is 6.21. The molecule has 0 aromatic heterocycles. The molecule has 1 atom stereocenters. The quantitative estimate of drug-likeness (QED) is 0.389. The molecule has 0 aromatic rings. The molecule has 4 nitrogen and oxygen atoms in total. The van der Waals surface area contributed by atoms with Crippen molar-refractivity contribution in [1.82, 2.24) is 10.6 Å². The Kier molecular flexibility index (Phi) is 10.3. The first-order valence-corrected chi connectivity index (χ1v) is 8.37. The Hall–Kier alpha value is 0.110. The molecule has 0 fully saturated rings. The number of nitrogens with one attached hydrogen (secondary N) is 2. The second-order valence-corrected chi connectivity index (χ2v) is 6.55. The van der Waals surface area contributed by atoms with E-state index in [-0.39, 0.29) is 12.6 Å². The van der Waals surface area contributed by atoms with E-state index in [0.717, 1.165) is 25.9 Å². The molecule has 0 aliphatic rings. The lowest BCUT2D eigenvalue weighted by Gasteiger charge is -2.13. The highest BCUT2D eigenvalue weighted by molar-refractivity contribution is 7.57. The third kappa shape index (κ3) is 10.6. The van der Waals surface area contributed by atoms with Crippen molar-refractivity contribution in [3.8, 4) is 0 Å². The highest BCUT2D eigenvalue weighted by atomic mass is 31.2. The van der Waals surface area contributed by atoms with E-state index >= 15 is 0 Å². The molecule has 1 unspecified atom stereocenters. The van der Waals surface area contributed by atoms with Crippen molar-refractivity contribution in [3.05, 3.63) is 0 Å². The second kappa shape index (κ2) is 10.3. The third-order valence-corrected chi connectivity index (χ3v) is 3.79. The Morgan fingerprint density at radius 3 is 2.12 bits per heavy atom. The molecule has 0 rings (SSSR count). The topological polar surface area (TPSA) is 61.4 Å². The first kappa shape index (κ1) is 16.1. The van der Waals surface area contributed by atoms with Crippen molar-refractivity contribution in [2.75, 3.05) is 25.7 Å². The smallest absolute Gasteiger partial charge is 0.227 e. The van der Waals surface area contributed by atoms with Crippen LogP contribution in [0.2, 0.25) is 0 Å². The van der Waals surface area contributed by atoms with Crippen LogP contribution in [0.15, 0.2) is 0 Å². The molecule has 0 aliphatic carbocycles. The minimum absolute atomic E-state index is 0.225. The van der Waals surface area contributed by atoms with Gasteiger partial charge in [-0.05, 0) is 25.9 Å². The predicted octanol–water partition coefficient (Wildman–Crippen LogP) is 2.34. The lowest BCUT2D eigenvalue weighted by Crippen LogP contribution is -2.23. The van der Waals surface area contributed by atoms with E-state index in [9.17, 15) is 9.46 Å². The molecule has 0 saturated carbocycles. The summed E-state index contributed by atoms with van der Waals surface area (Å²) in [7, 11) is -3.00. The summed E-state index contributed by atoms with van der Waals surface area (Å²) >= 11 is 0. The van der Waals surface area contributed by atoms with Gasteiger partial charge in [0, 0.05) is 0 Å². The van der Waals surface area contributed by atoms with Gasteiger partial charge >= 0.3 is 0 Å². The zero-order valence-corrected chi connectivity index (χ0v) is 11.6. The van der Waals surface area contributed by atoms with Gasteiger partial charge in [0.1, 0.15) is 0 Å². The van der Waals surface area contributed by atoms with Crippen molar-refractivity contribution in [2.24, 2.45) is 0 Å². The van der Waals surface area contributed by atoms with Crippen LogP contribution in [-0.2, 0) is 4.57 Å². The van der Waals surface area contributed by atoms with Gasteiger partial charge in [-0.25, -0.2) is 0 Å². The van der Waals surface area contributed by atoms with Crippen molar-refractivity contribution in [3.63, 3.8) is 0 Å². The SMILES string of the molecule is CCCCCCNCP(=O)(O)CNCCC. The first-order chi connectivity index (χ1) is 7.62. The van der Waals surface area contributed by atoms with Crippen molar-refractivity contribution in [2.45, 2.75) is 46.0 Å². The van der Waals surface area contributed by atoms with Crippen LogP contribution >= 0.6 is 7.37 Å². The summed E-state index contributed by atoms with van der Waals surface area (Å²) in [6, 6.07) is 0. The summed E-state index contributed by atoms with van der Waals surface area (Å²) in [4.78, 5) is 9.57. The van der Waals surface area contributed by atoms with E-state index in [1.807, 2.05) is 6.92 Å². The van der Waals surface area contributed by atoms with Crippen LogP contribution in [0.25, 0.3) is 0 Å². The van der Waals surface area contributed by atoms with Crippen LogP contribution in [-0.4, -0.2) is 30.6 Å². The highest BCUT2D eigenvalue weighted by Crippen LogP contribution is 2.36. The van der Waals surface area contributed by atoms with Crippen LogP contribution in [0, 0.1) is 0 Å². The number of hydrogen-bond donors (Lipinski definition) is 3. The zero-order valence-electron chi connectivity index (χ0n) is 10.7. The molecule has 0 radical (unpaired) electrons. The maximum Gasteiger partial charge on any atom is 0.227 e. The summed E-state index contributed by atoms with van der Waals surface area (Å²) in [5, 5.41) is 6.04. The fraction of sp³-hybridized carbons (Fsp3) is 1.00. The molecule has 0 aliphatic heterocycles. The predicted molar refractivity (Wildman–Crippen MR) is 70.0 cm³/mol. The van der Waals surface area contributed by atoms with E-state index in [1.165, 1.54) is 19.3 Å². The molecule has 98 valence electrons. The molecular weight excluding hydrogens is 223 g/mol.